The third kappa shape index (κ3) is 7.50. The summed E-state index contributed by atoms with van der Waals surface area (Å²) in [6.07, 6.45) is -0.297. The number of nitrogens with zero attached hydrogens (tertiary/aromatic N) is 1. The monoisotopic (exact) mass is 577 g/mol. The van der Waals surface area contributed by atoms with Crippen LogP contribution in [-0.4, -0.2) is 39.1 Å². The summed E-state index contributed by atoms with van der Waals surface area (Å²) in [5.41, 5.74) is 7.23. The molecule has 2 aromatic carbocycles. The molecule has 1 heterocycles. The molecule has 214 valence electrons. The number of benzene rings is 2. The Bertz CT molecular complexity index is 1410. The number of aromatic amines is 1. The largest absolute Gasteiger partial charge is 0.493 e. The zero-order valence-electron chi connectivity index (χ0n) is 21.9. The number of H-pyrrole nitrogens is 1. The molecule has 0 radical (unpaired) electrons. The molecule has 40 heavy (non-hydrogen) atoms. The van der Waals surface area contributed by atoms with Crippen LogP contribution >= 0.6 is 7.82 Å². The first-order valence-corrected chi connectivity index (χ1v) is 14.1. The molecule has 0 fully saturated rings. The van der Waals surface area contributed by atoms with E-state index in [4.69, 9.17) is 20.3 Å². The van der Waals surface area contributed by atoms with Crippen LogP contribution in [0, 0.1) is 5.92 Å². The lowest BCUT2D eigenvalue weighted by Gasteiger charge is -2.28. The molecule has 2 unspecified atom stereocenters. The predicted octanol–water partition coefficient (Wildman–Crippen LogP) is 5.73. The van der Waals surface area contributed by atoms with Crippen LogP contribution in [0.25, 0.3) is 11.1 Å². The van der Waals surface area contributed by atoms with Crippen molar-refractivity contribution in [2.45, 2.75) is 37.9 Å². The van der Waals surface area contributed by atoms with Crippen LogP contribution in [0.1, 0.15) is 36.8 Å². The number of alkyl halides is 3. The quantitative estimate of drug-likeness (QED) is 0.227. The minimum atomic E-state index is -4.77. The van der Waals surface area contributed by atoms with Gasteiger partial charge in [0.2, 0.25) is 0 Å². The van der Waals surface area contributed by atoms with Gasteiger partial charge >= 0.3 is 14.0 Å². The van der Waals surface area contributed by atoms with E-state index in [1.165, 1.54) is 19.2 Å². The van der Waals surface area contributed by atoms with E-state index >= 15 is 0 Å². The van der Waals surface area contributed by atoms with Gasteiger partial charge < -0.3 is 25.2 Å². The van der Waals surface area contributed by atoms with Gasteiger partial charge in [-0.15, -0.1) is 0 Å². The summed E-state index contributed by atoms with van der Waals surface area (Å²) < 4.78 is 63.3. The number of imidazole rings is 1. The van der Waals surface area contributed by atoms with Crippen molar-refractivity contribution in [3.05, 3.63) is 101 Å². The fraction of sp³-hybridized carbons (Fsp3) is 0.321. The summed E-state index contributed by atoms with van der Waals surface area (Å²) in [7, 11) is -4.77. The third-order valence-corrected chi connectivity index (χ3v) is 7.10. The highest BCUT2D eigenvalue weighted by molar-refractivity contribution is 7.46. The number of phosphoric acid groups is 1. The normalized spacial score (nSPS) is 19.5. The van der Waals surface area contributed by atoms with Crippen molar-refractivity contribution >= 4 is 7.82 Å². The maximum atomic E-state index is 14.0. The molecule has 3 aromatic rings. The number of nitrogens with one attached hydrogen (secondary N) is 1. The average Bonchev–Trinajstić information content (AvgIpc) is 3.39. The van der Waals surface area contributed by atoms with Crippen molar-refractivity contribution in [1.29, 1.82) is 0 Å². The van der Waals surface area contributed by atoms with E-state index in [0.717, 1.165) is 22.8 Å². The van der Waals surface area contributed by atoms with Crippen molar-refractivity contribution in [2.24, 2.45) is 11.7 Å². The Kier molecular flexibility index (Phi) is 8.72. The average molecular weight is 578 g/mol. The maximum Gasteiger partial charge on any atom is 0.469 e. The summed E-state index contributed by atoms with van der Waals surface area (Å²) in [5, 5.41) is 0. The van der Waals surface area contributed by atoms with Crippen LogP contribution in [-0.2, 0) is 25.8 Å². The maximum absolute atomic E-state index is 14.0. The van der Waals surface area contributed by atoms with Crippen LogP contribution in [0.3, 0.4) is 0 Å². The highest BCUT2D eigenvalue weighted by Gasteiger charge is 2.41. The summed E-state index contributed by atoms with van der Waals surface area (Å²) in [5.74, 6) is -1.20. The van der Waals surface area contributed by atoms with E-state index in [1.807, 2.05) is 54.6 Å². The summed E-state index contributed by atoms with van der Waals surface area (Å²) in [6.45, 7) is 2.72. The van der Waals surface area contributed by atoms with Gasteiger partial charge in [-0.3, -0.25) is 4.52 Å². The number of allylic oxidation sites excluding steroid dienone is 3. The number of hydrogen-bond acceptors (Lipinski definition) is 5. The molecule has 0 saturated heterocycles. The van der Waals surface area contributed by atoms with Gasteiger partial charge in [0.05, 0.1) is 24.3 Å². The molecule has 0 amide bonds. The number of hydrogen-bond donors (Lipinski definition) is 4. The first-order chi connectivity index (χ1) is 18.7. The fourth-order valence-corrected chi connectivity index (χ4v) is 4.87. The first kappa shape index (κ1) is 29.8. The molecule has 12 heteroatoms. The number of nitrogens with two attached hydrogens (primary N) is 1. The molecule has 0 saturated carbocycles. The minimum Gasteiger partial charge on any atom is -0.493 e. The minimum absolute atomic E-state index is 0.0701. The molecule has 0 bridgehead atoms. The highest BCUT2D eigenvalue weighted by atomic mass is 31.2. The smallest absolute Gasteiger partial charge is 0.469 e. The van der Waals surface area contributed by atoms with E-state index in [0.29, 0.717) is 12.1 Å². The predicted molar refractivity (Wildman–Crippen MR) is 144 cm³/mol. The topological polar surface area (TPSA) is 131 Å². The molecule has 4 rings (SSSR count). The molecule has 5 N–H and O–H groups in total. The number of halogens is 3. The summed E-state index contributed by atoms with van der Waals surface area (Å²) in [6, 6.07) is 17.7. The second-order valence-corrected chi connectivity index (χ2v) is 11.3. The number of rotatable bonds is 10. The molecule has 3 atom stereocenters. The van der Waals surface area contributed by atoms with Crippen LogP contribution in [0.4, 0.5) is 13.2 Å². The second-order valence-electron chi connectivity index (χ2n) is 10.0. The van der Waals surface area contributed by atoms with Gasteiger partial charge in [-0.1, -0.05) is 67.6 Å². The standard InChI is InChI=1S/C28H31F3N3O5P/c1-18-14-25(38-13-12-19-8-10-21(11-9-19)20-6-4-3-5-7-20)23(28(29,30)31)15-22(18)24-16-33-26(34-24)27(2,32)17-39-40(35,36)37/h3-11,14-16,18,22H,12-13,17,32H2,1-2H3,(H,33,34)(H2,35,36,37)/t18?,22?,27-/m0/s1. The second kappa shape index (κ2) is 11.7. The highest BCUT2D eigenvalue weighted by Crippen LogP contribution is 2.42. The van der Waals surface area contributed by atoms with Crippen LogP contribution in [0.15, 0.2) is 84.3 Å². The SMILES string of the molecule is CC1C=C(OCCc2ccc(-c3ccccc3)cc2)C(C(F)(F)F)=CC1c1cnc([C@@](C)(N)COP(=O)(O)O)[nH]1. The van der Waals surface area contributed by atoms with Gasteiger partial charge in [0.15, 0.2) is 0 Å². The van der Waals surface area contributed by atoms with Gasteiger partial charge in [-0.2, -0.15) is 13.2 Å². The van der Waals surface area contributed by atoms with Crippen molar-refractivity contribution in [3.8, 4) is 11.1 Å². The fourth-order valence-electron chi connectivity index (χ4n) is 4.43. The molecular weight excluding hydrogens is 546 g/mol. The Hall–Kier alpha value is -3.21. The number of aromatic nitrogens is 2. The molecule has 1 aliphatic carbocycles. The van der Waals surface area contributed by atoms with Crippen molar-refractivity contribution in [3.63, 3.8) is 0 Å². The van der Waals surface area contributed by atoms with E-state index in [1.54, 1.807) is 6.92 Å². The molecule has 8 nitrogen and oxygen atoms in total. The molecule has 1 aromatic heterocycles. The van der Waals surface area contributed by atoms with Crippen LogP contribution in [0.2, 0.25) is 0 Å². The van der Waals surface area contributed by atoms with Gasteiger partial charge in [-0.05, 0) is 35.6 Å². The Labute approximate surface area is 230 Å². The Balaban J connectivity index is 1.44. The van der Waals surface area contributed by atoms with Crippen molar-refractivity contribution in [2.75, 3.05) is 13.2 Å². The number of phosphoric ester groups is 1. The number of ether oxygens (including phenoxy) is 1. The van der Waals surface area contributed by atoms with Crippen LogP contribution in [0.5, 0.6) is 0 Å². The first-order valence-electron chi connectivity index (χ1n) is 12.6. The lowest BCUT2D eigenvalue weighted by atomic mass is 9.84. The van der Waals surface area contributed by atoms with E-state index < -0.39 is 37.6 Å². The van der Waals surface area contributed by atoms with Gasteiger partial charge in [-0.25, -0.2) is 9.55 Å². The Morgan fingerprint density at radius 2 is 1.70 bits per heavy atom. The van der Waals surface area contributed by atoms with E-state index in [2.05, 4.69) is 14.5 Å². The zero-order chi connectivity index (χ0) is 29.1. The third-order valence-electron chi connectivity index (χ3n) is 6.64. The van der Waals surface area contributed by atoms with E-state index in [9.17, 15) is 17.7 Å². The molecule has 0 aliphatic heterocycles. The molecule has 1 aliphatic rings. The molecular formula is C28H31F3N3O5P. The summed E-state index contributed by atoms with van der Waals surface area (Å²) in [4.78, 5) is 24.9. The Morgan fingerprint density at radius 3 is 2.33 bits per heavy atom. The lowest BCUT2D eigenvalue weighted by molar-refractivity contribution is -0.0948. The summed E-state index contributed by atoms with van der Waals surface area (Å²) >= 11 is 0. The van der Waals surface area contributed by atoms with Crippen molar-refractivity contribution in [1.82, 2.24) is 9.97 Å². The van der Waals surface area contributed by atoms with Gasteiger partial charge in [0.1, 0.15) is 11.6 Å². The van der Waals surface area contributed by atoms with E-state index in [-0.39, 0.29) is 24.1 Å². The lowest BCUT2D eigenvalue weighted by Crippen LogP contribution is -2.39. The Morgan fingerprint density at radius 1 is 1.05 bits per heavy atom. The van der Waals surface area contributed by atoms with Gasteiger partial charge in [0.25, 0.3) is 0 Å². The zero-order valence-corrected chi connectivity index (χ0v) is 22.8. The van der Waals surface area contributed by atoms with Crippen LogP contribution < -0.4 is 5.73 Å². The van der Waals surface area contributed by atoms with Crippen molar-refractivity contribution < 1.29 is 36.8 Å². The molecule has 0 spiro atoms. The van der Waals surface area contributed by atoms with Gasteiger partial charge in [0, 0.05) is 24.2 Å².